The third-order valence-corrected chi connectivity index (χ3v) is 2.94. The lowest BCUT2D eigenvalue weighted by Gasteiger charge is -2.08. The van der Waals surface area contributed by atoms with Crippen LogP contribution >= 0.6 is 0 Å². The molecule has 21 heavy (non-hydrogen) atoms. The van der Waals surface area contributed by atoms with Crippen LogP contribution in [0.3, 0.4) is 0 Å². The van der Waals surface area contributed by atoms with Gasteiger partial charge in [0, 0.05) is 0 Å². The molecule has 0 saturated heterocycles. The van der Waals surface area contributed by atoms with Crippen molar-refractivity contribution in [1.29, 1.82) is 0 Å². The molecule has 0 amide bonds. The Bertz CT molecular complexity index is 740. The van der Waals surface area contributed by atoms with E-state index in [0.29, 0.717) is 23.5 Å². The molecule has 0 saturated carbocycles. The minimum atomic E-state index is 0.261. The summed E-state index contributed by atoms with van der Waals surface area (Å²) in [7, 11) is 1.63. The second-order valence-corrected chi connectivity index (χ2v) is 4.27. The minimum absolute atomic E-state index is 0.261. The minimum Gasteiger partial charge on any atom is -0.497 e. The molecule has 0 aliphatic rings. The maximum atomic E-state index is 5.73. The third-order valence-electron chi connectivity index (χ3n) is 2.94. The molecule has 2 aromatic heterocycles. The van der Waals surface area contributed by atoms with Gasteiger partial charge in [-0.15, -0.1) is 0 Å². The van der Waals surface area contributed by atoms with Gasteiger partial charge < -0.3 is 9.47 Å². The maximum Gasteiger partial charge on any atom is 0.242 e. The summed E-state index contributed by atoms with van der Waals surface area (Å²) in [6.07, 6.45) is 1.61. The van der Waals surface area contributed by atoms with Gasteiger partial charge in [-0.2, -0.15) is 15.1 Å². The van der Waals surface area contributed by atoms with Gasteiger partial charge in [-0.3, -0.25) is 10.5 Å². The summed E-state index contributed by atoms with van der Waals surface area (Å²) < 4.78 is 10.8. The fourth-order valence-corrected chi connectivity index (χ4v) is 1.86. The molecule has 0 fully saturated rings. The fourth-order valence-electron chi connectivity index (χ4n) is 1.86. The number of hydrogen-bond donors (Lipinski definition) is 3. The van der Waals surface area contributed by atoms with Crippen LogP contribution in [0, 0.1) is 0 Å². The van der Waals surface area contributed by atoms with E-state index in [0.717, 1.165) is 11.3 Å². The highest BCUT2D eigenvalue weighted by molar-refractivity contribution is 5.80. The van der Waals surface area contributed by atoms with Crippen molar-refractivity contribution in [2.24, 2.45) is 5.84 Å². The van der Waals surface area contributed by atoms with Crippen LogP contribution in [0.4, 0.5) is 5.95 Å². The zero-order chi connectivity index (χ0) is 14.7. The summed E-state index contributed by atoms with van der Waals surface area (Å²) in [5.74, 6) is 6.81. The first-order valence-corrected chi connectivity index (χ1v) is 6.23. The highest BCUT2D eigenvalue weighted by atomic mass is 16.5. The molecule has 0 spiro atoms. The summed E-state index contributed by atoms with van der Waals surface area (Å²) in [4.78, 5) is 8.32. The number of hydrazine groups is 1. The second kappa shape index (κ2) is 5.63. The number of hydrogen-bond acceptors (Lipinski definition) is 7. The summed E-state index contributed by atoms with van der Waals surface area (Å²) >= 11 is 0. The lowest BCUT2D eigenvalue weighted by atomic mass is 10.2. The molecule has 8 heteroatoms. The predicted octanol–water partition coefficient (Wildman–Crippen LogP) is 1.23. The first-order valence-electron chi connectivity index (χ1n) is 6.23. The quantitative estimate of drug-likeness (QED) is 0.477. The number of ether oxygens (including phenoxy) is 2. The third kappa shape index (κ3) is 2.70. The van der Waals surface area contributed by atoms with Gasteiger partial charge in [0.25, 0.3) is 0 Å². The Morgan fingerprint density at radius 3 is 2.76 bits per heavy atom. The Labute approximate surface area is 120 Å². The van der Waals surface area contributed by atoms with Crippen molar-refractivity contribution in [2.75, 3.05) is 12.5 Å². The Morgan fingerprint density at radius 1 is 1.24 bits per heavy atom. The lowest BCUT2D eigenvalue weighted by molar-refractivity contribution is 0.298. The molecule has 108 valence electrons. The number of methoxy groups -OCH3 is 1. The van der Waals surface area contributed by atoms with E-state index in [1.807, 2.05) is 24.3 Å². The molecular weight excluding hydrogens is 272 g/mol. The SMILES string of the molecule is COc1ccc(COc2nc(NN)nc3[nH]ncc23)cc1. The van der Waals surface area contributed by atoms with Crippen LogP contribution in [0.15, 0.2) is 30.5 Å². The number of nitrogens with zero attached hydrogens (tertiary/aromatic N) is 3. The number of aromatic amines is 1. The van der Waals surface area contributed by atoms with Crippen LogP contribution in [-0.2, 0) is 6.61 Å². The van der Waals surface area contributed by atoms with Gasteiger partial charge in [-0.1, -0.05) is 12.1 Å². The zero-order valence-electron chi connectivity index (χ0n) is 11.3. The molecule has 2 heterocycles. The average Bonchev–Trinajstić information content (AvgIpc) is 3.01. The monoisotopic (exact) mass is 286 g/mol. The van der Waals surface area contributed by atoms with Crippen molar-refractivity contribution < 1.29 is 9.47 Å². The van der Waals surface area contributed by atoms with Crippen molar-refractivity contribution >= 4 is 17.0 Å². The van der Waals surface area contributed by atoms with Crippen molar-refractivity contribution in [2.45, 2.75) is 6.61 Å². The van der Waals surface area contributed by atoms with Crippen LogP contribution in [0.2, 0.25) is 0 Å². The van der Waals surface area contributed by atoms with Crippen molar-refractivity contribution in [3.05, 3.63) is 36.0 Å². The van der Waals surface area contributed by atoms with Crippen molar-refractivity contribution in [1.82, 2.24) is 20.2 Å². The van der Waals surface area contributed by atoms with E-state index in [9.17, 15) is 0 Å². The summed E-state index contributed by atoms with van der Waals surface area (Å²) in [5, 5.41) is 7.37. The molecule has 0 radical (unpaired) electrons. The number of nitrogens with two attached hydrogens (primary N) is 1. The van der Waals surface area contributed by atoms with Gasteiger partial charge in [0.1, 0.15) is 17.7 Å². The molecule has 0 aliphatic heterocycles. The second-order valence-electron chi connectivity index (χ2n) is 4.27. The van der Waals surface area contributed by atoms with Crippen molar-refractivity contribution in [3.63, 3.8) is 0 Å². The van der Waals surface area contributed by atoms with Crippen LogP contribution in [0.5, 0.6) is 11.6 Å². The highest BCUT2D eigenvalue weighted by Gasteiger charge is 2.10. The average molecular weight is 286 g/mol. The van der Waals surface area contributed by atoms with Crippen molar-refractivity contribution in [3.8, 4) is 11.6 Å². The van der Waals surface area contributed by atoms with E-state index in [4.69, 9.17) is 15.3 Å². The summed E-state index contributed by atoms with van der Waals surface area (Å²) in [6, 6.07) is 7.60. The topological polar surface area (TPSA) is 111 Å². The van der Waals surface area contributed by atoms with Crippen LogP contribution in [0.25, 0.3) is 11.0 Å². The molecule has 8 nitrogen and oxygen atoms in total. The van der Waals surface area contributed by atoms with Gasteiger partial charge in [0.05, 0.1) is 13.3 Å². The van der Waals surface area contributed by atoms with E-state index in [2.05, 4.69) is 25.6 Å². The summed E-state index contributed by atoms with van der Waals surface area (Å²) in [6.45, 7) is 0.366. The first-order chi connectivity index (χ1) is 10.3. The van der Waals surface area contributed by atoms with E-state index in [1.54, 1.807) is 13.3 Å². The highest BCUT2D eigenvalue weighted by Crippen LogP contribution is 2.23. The fraction of sp³-hybridized carbons (Fsp3) is 0.154. The Morgan fingerprint density at radius 2 is 2.05 bits per heavy atom. The van der Waals surface area contributed by atoms with Crippen LogP contribution in [-0.4, -0.2) is 27.3 Å². The Balaban J connectivity index is 1.81. The zero-order valence-corrected chi connectivity index (χ0v) is 11.3. The number of fused-ring (bicyclic) bond motifs is 1. The van der Waals surface area contributed by atoms with Gasteiger partial charge in [0.15, 0.2) is 5.65 Å². The van der Waals surface area contributed by atoms with Gasteiger partial charge in [0.2, 0.25) is 11.8 Å². The Kier molecular flexibility index (Phi) is 3.52. The van der Waals surface area contributed by atoms with E-state index in [1.165, 1.54) is 0 Å². The molecule has 3 rings (SSSR count). The molecular formula is C13H14N6O2. The van der Waals surface area contributed by atoms with Crippen LogP contribution < -0.4 is 20.7 Å². The lowest BCUT2D eigenvalue weighted by Crippen LogP contribution is -2.11. The van der Waals surface area contributed by atoms with Gasteiger partial charge in [-0.25, -0.2) is 5.84 Å². The smallest absolute Gasteiger partial charge is 0.242 e. The molecule has 1 aromatic carbocycles. The van der Waals surface area contributed by atoms with Gasteiger partial charge in [-0.05, 0) is 17.7 Å². The number of benzene rings is 1. The standard InChI is InChI=1S/C13H14N6O2/c1-20-9-4-2-8(3-5-9)7-21-12-10-6-15-19-11(10)16-13(17-12)18-14/h2-6H,7,14H2,1H3,(H2,15,16,17,18,19). The Hall–Kier alpha value is -2.87. The van der Waals surface area contributed by atoms with Crippen LogP contribution in [0.1, 0.15) is 5.56 Å². The number of nitrogen functional groups attached to an aromatic ring is 1. The van der Waals surface area contributed by atoms with E-state index < -0.39 is 0 Å². The van der Waals surface area contributed by atoms with Gasteiger partial charge >= 0.3 is 0 Å². The van der Waals surface area contributed by atoms with E-state index in [-0.39, 0.29) is 5.95 Å². The molecule has 0 atom stereocenters. The molecule has 4 N–H and O–H groups in total. The molecule has 0 unspecified atom stereocenters. The molecule has 0 bridgehead atoms. The molecule has 0 aliphatic carbocycles. The predicted molar refractivity (Wildman–Crippen MR) is 76.8 cm³/mol. The number of H-pyrrole nitrogens is 1. The largest absolute Gasteiger partial charge is 0.497 e. The molecule has 3 aromatic rings. The maximum absolute atomic E-state index is 5.73. The summed E-state index contributed by atoms with van der Waals surface area (Å²) in [5.41, 5.74) is 3.95. The van der Waals surface area contributed by atoms with E-state index >= 15 is 0 Å². The first kappa shape index (κ1) is 13.1. The number of rotatable bonds is 5. The normalized spacial score (nSPS) is 10.6. The number of nitrogens with one attached hydrogen (secondary N) is 2. The number of anilines is 1. The number of aromatic nitrogens is 4.